The van der Waals surface area contributed by atoms with E-state index < -0.39 is 0 Å². The van der Waals surface area contributed by atoms with Crippen molar-refractivity contribution in [2.24, 2.45) is 0 Å². The van der Waals surface area contributed by atoms with Gasteiger partial charge in [0.05, 0.1) is 0 Å². The van der Waals surface area contributed by atoms with Crippen molar-refractivity contribution in [1.82, 2.24) is 4.90 Å². The molecule has 0 aliphatic carbocycles. The lowest BCUT2D eigenvalue weighted by molar-refractivity contribution is 0.128. The third-order valence-corrected chi connectivity index (χ3v) is 3.19. The van der Waals surface area contributed by atoms with E-state index in [0.29, 0.717) is 6.04 Å². The second kappa shape index (κ2) is 3.34. The number of hydrogen-bond donors (Lipinski definition) is 0. The van der Waals surface area contributed by atoms with Gasteiger partial charge in [0.15, 0.2) is 0 Å². The van der Waals surface area contributed by atoms with Crippen LogP contribution >= 0.6 is 22.6 Å². The summed E-state index contributed by atoms with van der Waals surface area (Å²) < 4.78 is 1.34. The Labute approximate surface area is 86.9 Å². The molecule has 0 bridgehead atoms. The van der Waals surface area contributed by atoms with E-state index in [1.165, 1.54) is 22.1 Å². The van der Waals surface area contributed by atoms with Gasteiger partial charge in [0.1, 0.15) is 0 Å². The molecule has 2 heteroatoms. The predicted octanol–water partition coefficient (Wildman–Crippen LogP) is 2.67. The molecule has 0 radical (unpaired) electrons. The minimum absolute atomic E-state index is 0.680. The maximum atomic E-state index is 2.39. The highest BCUT2D eigenvalue weighted by atomic mass is 127. The maximum absolute atomic E-state index is 2.39. The molecule has 2 rings (SSSR count). The van der Waals surface area contributed by atoms with E-state index in [9.17, 15) is 0 Å². The number of benzene rings is 1. The molecule has 0 spiro atoms. The fourth-order valence-electron chi connectivity index (χ4n) is 1.65. The van der Waals surface area contributed by atoms with Gasteiger partial charge in [-0.3, -0.25) is 4.90 Å². The molecule has 1 aromatic rings. The first-order valence-electron chi connectivity index (χ1n) is 4.23. The monoisotopic (exact) mass is 273 g/mol. The van der Waals surface area contributed by atoms with Crippen LogP contribution in [0.2, 0.25) is 0 Å². The summed E-state index contributed by atoms with van der Waals surface area (Å²) in [6, 6.07) is 9.47. The zero-order valence-electron chi connectivity index (χ0n) is 7.13. The van der Waals surface area contributed by atoms with Crippen LogP contribution in [0.3, 0.4) is 0 Å². The van der Waals surface area contributed by atoms with Gasteiger partial charge in [-0.05, 0) is 53.8 Å². The van der Waals surface area contributed by atoms with E-state index in [0.717, 1.165) is 0 Å². The molecule has 1 heterocycles. The van der Waals surface area contributed by atoms with Crippen LogP contribution in [0.5, 0.6) is 0 Å². The van der Waals surface area contributed by atoms with Gasteiger partial charge in [0.2, 0.25) is 0 Å². The van der Waals surface area contributed by atoms with Crippen LogP contribution < -0.4 is 0 Å². The molecule has 0 amide bonds. The fraction of sp³-hybridized carbons (Fsp3) is 0.400. The molecule has 0 N–H and O–H groups in total. The third-order valence-electron chi connectivity index (χ3n) is 2.52. The highest BCUT2D eigenvalue weighted by Gasteiger charge is 2.25. The second-order valence-electron chi connectivity index (χ2n) is 3.34. The number of nitrogens with zero attached hydrogens (tertiary/aromatic N) is 1. The first kappa shape index (κ1) is 8.51. The first-order chi connectivity index (χ1) is 5.77. The Balaban J connectivity index is 2.22. The first-order valence-corrected chi connectivity index (χ1v) is 5.31. The van der Waals surface area contributed by atoms with Crippen molar-refractivity contribution < 1.29 is 0 Å². The molecule has 1 unspecified atom stereocenters. The zero-order valence-corrected chi connectivity index (χ0v) is 9.28. The maximum Gasteiger partial charge on any atom is 0.0357 e. The standard InChI is InChI=1S/C10H12IN/c1-12-6-5-10(12)8-3-2-4-9(11)7-8/h2-4,7,10H,5-6H2,1H3. The highest BCUT2D eigenvalue weighted by molar-refractivity contribution is 14.1. The van der Waals surface area contributed by atoms with Crippen molar-refractivity contribution in [3.63, 3.8) is 0 Å². The van der Waals surface area contributed by atoms with Crippen molar-refractivity contribution in [3.05, 3.63) is 33.4 Å². The molecule has 12 heavy (non-hydrogen) atoms. The van der Waals surface area contributed by atoms with Gasteiger partial charge in [-0.1, -0.05) is 12.1 Å². The van der Waals surface area contributed by atoms with Crippen LogP contribution in [0.25, 0.3) is 0 Å². The fourth-order valence-corrected chi connectivity index (χ4v) is 2.22. The van der Waals surface area contributed by atoms with Crippen molar-refractivity contribution in [1.29, 1.82) is 0 Å². The van der Waals surface area contributed by atoms with E-state index in [4.69, 9.17) is 0 Å². The zero-order chi connectivity index (χ0) is 8.55. The van der Waals surface area contributed by atoms with Crippen molar-refractivity contribution in [3.8, 4) is 0 Å². The van der Waals surface area contributed by atoms with Gasteiger partial charge in [-0.2, -0.15) is 0 Å². The summed E-state index contributed by atoms with van der Waals surface area (Å²) in [5.74, 6) is 0. The average molecular weight is 273 g/mol. The molecule has 1 atom stereocenters. The van der Waals surface area contributed by atoms with Crippen molar-refractivity contribution in [2.75, 3.05) is 13.6 Å². The molecule has 1 saturated heterocycles. The van der Waals surface area contributed by atoms with E-state index >= 15 is 0 Å². The Hall–Kier alpha value is -0.0900. The highest BCUT2D eigenvalue weighted by Crippen LogP contribution is 2.31. The normalized spacial score (nSPS) is 23.7. The molecular weight excluding hydrogens is 261 g/mol. The van der Waals surface area contributed by atoms with E-state index in [1.807, 2.05) is 0 Å². The van der Waals surface area contributed by atoms with Crippen LogP contribution in [-0.2, 0) is 0 Å². The average Bonchev–Trinajstić information content (AvgIpc) is 2.02. The summed E-state index contributed by atoms with van der Waals surface area (Å²) >= 11 is 2.37. The third kappa shape index (κ3) is 1.50. The summed E-state index contributed by atoms with van der Waals surface area (Å²) in [6.45, 7) is 1.25. The largest absolute Gasteiger partial charge is 0.299 e. The molecule has 1 aliphatic rings. The molecule has 1 aliphatic heterocycles. The van der Waals surface area contributed by atoms with Crippen LogP contribution in [-0.4, -0.2) is 18.5 Å². The molecule has 0 aromatic heterocycles. The van der Waals surface area contributed by atoms with E-state index in [2.05, 4.69) is 58.8 Å². The Morgan fingerprint density at radius 2 is 2.33 bits per heavy atom. The molecule has 64 valence electrons. The summed E-state index contributed by atoms with van der Waals surface area (Å²) in [5.41, 5.74) is 1.47. The Kier molecular flexibility index (Phi) is 2.37. The molecular formula is C10H12IN. The lowest BCUT2D eigenvalue weighted by atomic mass is 9.96. The van der Waals surface area contributed by atoms with Gasteiger partial charge in [-0.15, -0.1) is 0 Å². The van der Waals surface area contributed by atoms with Gasteiger partial charge in [0, 0.05) is 16.2 Å². The molecule has 0 saturated carbocycles. The topological polar surface area (TPSA) is 3.24 Å². The lowest BCUT2D eigenvalue weighted by Gasteiger charge is -2.38. The Morgan fingerprint density at radius 1 is 1.50 bits per heavy atom. The van der Waals surface area contributed by atoms with Crippen LogP contribution in [0.15, 0.2) is 24.3 Å². The van der Waals surface area contributed by atoms with E-state index in [-0.39, 0.29) is 0 Å². The van der Waals surface area contributed by atoms with Crippen molar-refractivity contribution >= 4 is 22.6 Å². The van der Waals surface area contributed by atoms with Gasteiger partial charge in [-0.25, -0.2) is 0 Å². The summed E-state index contributed by atoms with van der Waals surface area (Å²) in [6.07, 6.45) is 1.32. The lowest BCUT2D eigenvalue weighted by Crippen LogP contribution is -2.37. The van der Waals surface area contributed by atoms with Crippen LogP contribution in [0, 0.1) is 3.57 Å². The minimum atomic E-state index is 0.680. The summed E-state index contributed by atoms with van der Waals surface area (Å²) in [7, 11) is 2.19. The minimum Gasteiger partial charge on any atom is -0.299 e. The molecule has 1 aromatic carbocycles. The Bertz CT molecular complexity index is 285. The quantitative estimate of drug-likeness (QED) is 0.711. The number of rotatable bonds is 1. The van der Waals surface area contributed by atoms with Gasteiger partial charge < -0.3 is 0 Å². The number of likely N-dealkylation sites (tertiary alicyclic amines) is 1. The van der Waals surface area contributed by atoms with E-state index in [1.54, 1.807) is 0 Å². The van der Waals surface area contributed by atoms with Crippen LogP contribution in [0.4, 0.5) is 0 Å². The smallest absolute Gasteiger partial charge is 0.0357 e. The van der Waals surface area contributed by atoms with Gasteiger partial charge >= 0.3 is 0 Å². The summed E-state index contributed by atoms with van der Waals surface area (Å²) in [4.78, 5) is 2.39. The van der Waals surface area contributed by atoms with Gasteiger partial charge in [0.25, 0.3) is 0 Å². The number of hydrogen-bond acceptors (Lipinski definition) is 1. The predicted molar refractivity (Wildman–Crippen MR) is 59.1 cm³/mol. The Morgan fingerprint density at radius 3 is 2.83 bits per heavy atom. The van der Waals surface area contributed by atoms with Crippen molar-refractivity contribution in [2.45, 2.75) is 12.5 Å². The molecule has 1 fully saturated rings. The SMILES string of the molecule is CN1CCC1c1cccc(I)c1. The second-order valence-corrected chi connectivity index (χ2v) is 4.59. The van der Waals surface area contributed by atoms with Crippen LogP contribution in [0.1, 0.15) is 18.0 Å². The molecule has 1 nitrogen and oxygen atoms in total. The summed E-state index contributed by atoms with van der Waals surface area (Å²) in [5, 5.41) is 0. The number of halogens is 1.